The van der Waals surface area contributed by atoms with Gasteiger partial charge in [-0.3, -0.25) is 10.2 Å². The van der Waals surface area contributed by atoms with Crippen LogP contribution in [0.4, 0.5) is 0 Å². The Bertz CT molecular complexity index is 372. The van der Waals surface area contributed by atoms with E-state index in [9.17, 15) is 0 Å². The minimum atomic E-state index is 0.203. The predicted molar refractivity (Wildman–Crippen MR) is 55.7 cm³/mol. The minimum Gasteiger partial charge on any atom is -0.374 e. The van der Waals surface area contributed by atoms with Crippen LogP contribution in [0.15, 0.2) is 0 Å². The third-order valence-electron chi connectivity index (χ3n) is 3.08. The number of rotatable bonds is 1. The van der Waals surface area contributed by atoms with Crippen LogP contribution in [0.3, 0.4) is 0 Å². The van der Waals surface area contributed by atoms with Crippen molar-refractivity contribution in [1.29, 1.82) is 0 Å². The molecule has 0 aliphatic carbocycles. The smallest absolute Gasteiger partial charge is 0.213 e. The van der Waals surface area contributed by atoms with Crippen molar-refractivity contribution in [2.45, 2.75) is 38.9 Å². The van der Waals surface area contributed by atoms with Gasteiger partial charge in [0.1, 0.15) is 5.82 Å². The highest BCUT2D eigenvalue weighted by Crippen LogP contribution is 2.37. The highest BCUT2D eigenvalue weighted by atomic mass is 32.1. The van der Waals surface area contributed by atoms with E-state index in [0.717, 1.165) is 5.82 Å². The van der Waals surface area contributed by atoms with E-state index in [0.29, 0.717) is 16.6 Å². The van der Waals surface area contributed by atoms with Gasteiger partial charge in [-0.25, -0.2) is 4.98 Å². The average molecular weight is 213 g/mol. The molecule has 4 unspecified atom stereocenters. The van der Waals surface area contributed by atoms with Gasteiger partial charge in [0, 0.05) is 5.92 Å². The number of H-pyrrole nitrogens is 2. The van der Waals surface area contributed by atoms with Crippen molar-refractivity contribution in [3.8, 4) is 0 Å². The fourth-order valence-corrected chi connectivity index (χ4v) is 2.33. The second-order valence-electron chi connectivity index (χ2n) is 3.98. The van der Waals surface area contributed by atoms with Crippen molar-refractivity contribution in [2.24, 2.45) is 5.92 Å². The molecule has 1 aliphatic rings. The zero-order chi connectivity index (χ0) is 10.3. The number of aromatic amines is 2. The normalized spacial score (nSPS) is 37.6. The maximum atomic E-state index is 5.74. The minimum absolute atomic E-state index is 0.203. The van der Waals surface area contributed by atoms with E-state index >= 15 is 0 Å². The quantitative estimate of drug-likeness (QED) is 0.701. The molecule has 14 heavy (non-hydrogen) atoms. The van der Waals surface area contributed by atoms with E-state index in [1.54, 1.807) is 0 Å². The molecule has 0 spiro atoms. The van der Waals surface area contributed by atoms with Crippen molar-refractivity contribution in [1.82, 2.24) is 15.2 Å². The molecule has 2 heterocycles. The van der Waals surface area contributed by atoms with Gasteiger partial charge in [0.15, 0.2) is 0 Å². The van der Waals surface area contributed by atoms with Gasteiger partial charge < -0.3 is 4.74 Å². The van der Waals surface area contributed by atoms with Gasteiger partial charge >= 0.3 is 0 Å². The third kappa shape index (κ3) is 1.50. The van der Waals surface area contributed by atoms with Gasteiger partial charge in [0.2, 0.25) is 4.77 Å². The summed E-state index contributed by atoms with van der Waals surface area (Å²) in [5.41, 5.74) is 0. The Kier molecular flexibility index (Phi) is 2.45. The molecular weight excluding hydrogens is 198 g/mol. The summed E-state index contributed by atoms with van der Waals surface area (Å²) in [7, 11) is 0. The van der Waals surface area contributed by atoms with E-state index < -0.39 is 0 Å². The van der Waals surface area contributed by atoms with Gasteiger partial charge in [0.05, 0.1) is 12.2 Å². The van der Waals surface area contributed by atoms with E-state index in [-0.39, 0.29) is 12.2 Å². The molecule has 2 N–H and O–H groups in total. The summed E-state index contributed by atoms with van der Waals surface area (Å²) in [5.74, 6) is 1.70. The monoisotopic (exact) mass is 213 g/mol. The fourth-order valence-electron chi connectivity index (χ4n) is 2.18. The summed E-state index contributed by atoms with van der Waals surface area (Å²) in [6, 6.07) is 0. The molecule has 1 aliphatic heterocycles. The SMILES string of the molecule is CC1OC(C)C(c2nc(=S)[nH][nH]2)C1C. The summed E-state index contributed by atoms with van der Waals surface area (Å²) in [6.45, 7) is 6.36. The number of aromatic nitrogens is 3. The summed E-state index contributed by atoms with van der Waals surface area (Å²) in [6.07, 6.45) is 0.489. The van der Waals surface area contributed by atoms with Crippen LogP contribution in [-0.2, 0) is 4.74 Å². The van der Waals surface area contributed by atoms with Crippen molar-refractivity contribution in [3.05, 3.63) is 10.6 Å². The lowest BCUT2D eigenvalue weighted by atomic mass is 9.89. The molecule has 0 aromatic carbocycles. The van der Waals surface area contributed by atoms with Crippen LogP contribution in [0.1, 0.15) is 32.5 Å². The zero-order valence-corrected chi connectivity index (χ0v) is 9.39. The third-order valence-corrected chi connectivity index (χ3v) is 3.27. The van der Waals surface area contributed by atoms with Crippen molar-refractivity contribution < 1.29 is 4.74 Å². The molecule has 2 rings (SSSR count). The Hall–Kier alpha value is -0.680. The Morgan fingerprint density at radius 3 is 2.36 bits per heavy atom. The molecule has 0 saturated carbocycles. The van der Waals surface area contributed by atoms with Crippen molar-refractivity contribution in [2.75, 3.05) is 0 Å². The molecule has 4 atom stereocenters. The molecule has 0 amide bonds. The lowest BCUT2D eigenvalue weighted by molar-refractivity contribution is 0.0553. The molecule has 4 nitrogen and oxygen atoms in total. The van der Waals surface area contributed by atoms with E-state index in [1.165, 1.54) is 0 Å². The van der Waals surface area contributed by atoms with Gasteiger partial charge in [-0.1, -0.05) is 6.92 Å². The van der Waals surface area contributed by atoms with E-state index in [1.807, 2.05) is 0 Å². The molecule has 78 valence electrons. The largest absolute Gasteiger partial charge is 0.374 e. The van der Waals surface area contributed by atoms with Gasteiger partial charge in [-0.2, -0.15) is 0 Å². The highest BCUT2D eigenvalue weighted by Gasteiger charge is 2.39. The molecule has 1 aromatic heterocycles. The van der Waals surface area contributed by atoms with Gasteiger partial charge in [-0.05, 0) is 32.0 Å². The maximum absolute atomic E-state index is 5.74. The Morgan fingerprint density at radius 2 is 1.93 bits per heavy atom. The van der Waals surface area contributed by atoms with Crippen LogP contribution < -0.4 is 0 Å². The molecule has 0 radical (unpaired) electrons. The Morgan fingerprint density at radius 1 is 1.21 bits per heavy atom. The average Bonchev–Trinajstić information content (AvgIpc) is 2.60. The number of ether oxygens (including phenoxy) is 1. The van der Waals surface area contributed by atoms with Crippen LogP contribution in [0, 0.1) is 10.7 Å². The van der Waals surface area contributed by atoms with Crippen LogP contribution in [0.25, 0.3) is 0 Å². The van der Waals surface area contributed by atoms with Crippen molar-refractivity contribution in [3.63, 3.8) is 0 Å². The molecular formula is C9H15N3OS. The standard InChI is InChI=1S/C9H15N3OS/c1-4-5(2)13-6(3)7(4)8-10-9(14)12-11-8/h4-7H,1-3H3,(H2,10,11,12,14). The van der Waals surface area contributed by atoms with Crippen molar-refractivity contribution >= 4 is 12.2 Å². The number of nitrogens with one attached hydrogen (secondary N) is 2. The highest BCUT2D eigenvalue weighted by molar-refractivity contribution is 7.71. The number of hydrogen-bond acceptors (Lipinski definition) is 3. The molecule has 1 fully saturated rings. The molecule has 1 aromatic rings. The van der Waals surface area contributed by atoms with Crippen LogP contribution >= 0.6 is 12.2 Å². The molecule has 0 bridgehead atoms. The number of nitrogens with zero attached hydrogens (tertiary/aromatic N) is 1. The Labute approximate surface area is 88.1 Å². The topological polar surface area (TPSA) is 53.7 Å². The Balaban J connectivity index is 2.30. The summed E-state index contributed by atoms with van der Waals surface area (Å²) < 4.78 is 6.25. The predicted octanol–water partition coefficient (Wildman–Crippen LogP) is 1.99. The van der Waals surface area contributed by atoms with Crippen LogP contribution in [-0.4, -0.2) is 27.4 Å². The lowest BCUT2D eigenvalue weighted by Gasteiger charge is -2.14. The maximum Gasteiger partial charge on any atom is 0.213 e. The molecule has 1 saturated heterocycles. The first kappa shape index (κ1) is 9.86. The number of hydrogen-bond donors (Lipinski definition) is 2. The lowest BCUT2D eigenvalue weighted by Crippen LogP contribution is -2.16. The summed E-state index contributed by atoms with van der Waals surface area (Å²) >= 11 is 4.94. The first-order valence-corrected chi connectivity index (χ1v) is 5.30. The summed E-state index contributed by atoms with van der Waals surface area (Å²) in [4.78, 5) is 4.25. The second kappa shape index (κ2) is 3.47. The van der Waals surface area contributed by atoms with Gasteiger partial charge in [0.25, 0.3) is 0 Å². The first-order valence-electron chi connectivity index (χ1n) is 4.89. The van der Waals surface area contributed by atoms with Crippen LogP contribution in [0.2, 0.25) is 0 Å². The van der Waals surface area contributed by atoms with Crippen LogP contribution in [0.5, 0.6) is 0 Å². The molecule has 5 heteroatoms. The van der Waals surface area contributed by atoms with Gasteiger partial charge in [-0.15, -0.1) is 0 Å². The van der Waals surface area contributed by atoms with E-state index in [4.69, 9.17) is 17.0 Å². The first-order chi connectivity index (χ1) is 6.59. The summed E-state index contributed by atoms with van der Waals surface area (Å²) in [5, 5.41) is 5.83. The van der Waals surface area contributed by atoms with E-state index in [2.05, 4.69) is 36.0 Å². The second-order valence-corrected chi connectivity index (χ2v) is 4.37. The fraction of sp³-hybridized carbons (Fsp3) is 0.778. The zero-order valence-electron chi connectivity index (χ0n) is 8.57.